The van der Waals surface area contributed by atoms with Crippen LogP contribution >= 0.6 is 0 Å². The molecule has 0 bridgehead atoms. The van der Waals surface area contributed by atoms with E-state index in [1.165, 1.54) is 38.6 Å². The molecule has 2 atom stereocenters. The number of hydrogen-bond acceptors (Lipinski definition) is 3. The summed E-state index contributed by atoms with van der Waals surface area (Å²) in [6.45, 7) is 7.21. The molecular formula is C15H27N3O. The second-order valence-electron chi connectivity index (χ2n) is 6.50. The second kappa shape index (κ2) is 6.23. The van der Waals surface area contributed by atoms with Crippen molar-refractivity contribution < 1.29 is 4.79 Å². The van der Waals surface area contributed by atoms with Crippen LogP contribution in [0.4, 0.5) is 0 Å². The van der Waals surface area contributed by atoms with Gasteiger partial charge >= 0.3 is 0 Å². The van der Waals surface area contributed by atoms with Gasteiger partial charge in [-0.05, 0) is 50.7 Å². The first-order valence-electron chi connectivity index (χ1n) is 8.04. The molecule has 0 aromatic heterocycles. The van der Waals surface area contributed by atoms with Crippen molar-refractivity contribution in [2.24, 2.45) is 11.8 Å². The van der Waals surface area contributed by atoms with E-state index in [2.05, 4.69) is 15.1 Å². The minimum Gasteiger partial charge on any atom is -0.342 e. The summed E-state index contributed by atoms with van der Waals surface area (Å²) in [4.78, 5) is 16.9. The Morgan fingerprint density at radius 1 is 1.00 bits per heavy atom. The number of amides is 1. The van der Waals surface area contributed by atoms with Crippen molar-refractivity contribution in [3.05, 3.63) is 0 Å². The summed E-state index contributed by atoms with van der Waals surface area (Å²) in [7, 11) is 0. The number of nitrogens with zero attached hydrogens (tertiary/aromatic N) is 2. The zero-order valence-electron chi connectivity index (χ0n) is 11.9. The fourth-order valence-corrected chi connectivity index (χ4v) is 3.87. The number of nitrogens with one attached hydrogen (secondary N) is 1. The van der Waals surface area contributed by atoms with Gasteiger partial charge < -0.3 is 10.2 Å². The molecule has 3 fully saturated rings. The summed E-state index contributed by atoms with van der Waals surface area (Å²) < 4.78 is 0. The summed E-state index contributed by atoms with van der Waals surface area (Å²) in [5, 5.41) is 3.49. The zero-order chi connectivity index (χ0) is 13.1. The van der Waals surface area contributed by atoms with Crippen LogP contribution in [0.15, 0.2) is 0 Å². The van der Waals surface area contributed by atoms with Crippen LogP contribution < -0.4 is 5.32 Å². The lowest BCUT2D eigenvalue weighted by Gasteiger charge is -2.35. The highest BCUT2D eigenvalue weighted by atomic mass is 16.2. The monoisotopic (exact) mass is 265 g/mol. The highest BCUT2D eigenvalue weighted by molar-refractivity contribution is 5.78. The summed E-state index contributed by atoms with van der Waals surface area (Å²) >= 11 is 0. The molecule has 2 unspecified atom stereocenters. The molecule has 3 saturated heterocycles. The van der Waals surface area contributed by atoms with Crippen molar-refractivity contribution in [3.8, 4) is 0 Å². The molecule has 0 aromatic rings. The molecule has 1 N–H and O–H groups in total. The van der Waals surface area contributed by atoms with E-state index in [0.29, 0.717) is 12.5 Å². The van der Waals surface area contributed by atoms with Gasteiger partial charge in [-0.1, -0.05) is 12.8 Å². The Hall–Kier alpha value is -0.610. The van der Waals surface area contributed by atoms with Gasteiger partial charge in [-0.3, -0.25) is 9.69 Å². The number of carbonyl (C=O) groups excluding carboxylic acids is 1. The standard InChI is InChI=1S/C15H27N3O/c19-15(18-6-3-1-2-4-7-18)12-17-8-5-13-9-16-10-14(13)11-17/h13-14,16H,1-12H2. The summed E-state index contributed by atoms with van der Waals surface area (Å²) in [5.74, 6) is 2.02. The van der Waals surface area contributed by atoms with Gasteiger partial charge in [0.05, 0.1) is 6.54 Å². The Labute approximate surface area is 116 Å². The SMILES string of the molecule is O=C(CN1CCC2CNCC2C1)N1CCCCCC1. The van der Waals surface area contributed by atoms with E-state index in [0.717, 1.165) is 44.6 Å². The normalized spacial score (nSPS) is 32.9. The topological polar surface area (TPSA) is 35.6 Å². The van der Waals surface area contributed by atoms with Gasteiger partial charge in [-0.2, -0.15) is 0 Å². The number of hydrogen-bond donors (Lipinski definition) is 1. The third-order valence-corrected chi connectivity index (χ3v) is 5.11. The van der Waals surface area contributed by atoms with E-state index in [-0.39, 0.29) is 0 Å². The Kier molecular flexibility index (Phi) is 4.38. The van der Waals surface area contributed by atoms with Crippen molar-refractivity contribution in [2.45, 2.75) is 32.1 Å². The number of likely N-dealkylation sites (tertiary alicyclic amines) is 2. The van der Waals surface area contributed by atoms with Crippen molar-refractivity contribution in [1.82, 2.24) is 15.1 Å². The molecule has 3 aliphatic heterocycles. The van der Waals surface area contributed by atoms with Crippen LogP contribution in [0.5, 0.6) is 0 Å². The summed E-state index contributed by atoms with van der Waals surface area (Å²) in [6.07, 6.45) is 6.25. The van der Waals surface area contributed by atoms with E-state index in [1.54, 1.807) is 0 Å². The molecule has 3 rings (SSSR count). The first-order valence-corrected chi connectivity index (χ1v) is 8.04. The molecule has 4 heteroatoms. The zero-order valence-corrected chi connectivity index (χ0v) is 11.9. The van der Waals surface area contributed by atoms with Gasteiger partial charge in [-0.25, -0.2) is 0 Å². The lowest BCUT2D eigenvalue weighted by molar-refractivity contribution is -0.132. The van der Waals surface area contributed by atoms with Gasteiger partial charge in [0.15, 0.2) is 0 Å². The van der Waals surface area contributed by atoms with Crippen molar-refractivity contribution in [1.29, 1.82) is 0 Å². The van der Waals surface area contributed by atoms with Crippen LogP contribution in [-0.2, 0) is 4.79 Å². The van der Waals surface area contributed by atoms with Crippen LogP contribution in [0.25, 0.3) is 0 Å². The minimum atomic E-state index is 0.367. The lowest BCUT2D eigenvalue weighted by Crippen LogP contribution is -2.46. The average molecular weight is 265 g/mol. The molecule has 108 valence electrons. The molecule has 19 heavy (non-hydrogen) atoms. The molecule has 3 aliphatic rings. The molecule has 0 aromatic carbocycles. The largest absolute Gasteiger partial charge is 0.342 e. The first-order chi connectivity index (χ1) is 9.33. The first kappa shape index (κ1) is 13.4. The van der Waals surface area contributed by atoms with Gasteiger partial charge in [0, 0.05) is 19.6 Å². The molecule has 0 spiro atoms. The third kappa shape index (κ3) is 3.29. The predicted molar refractivity (Wildman–Crippen MR) is 76.0 cm³/mol. The number of rotatable bonds is 2. The molecule has 3 heterocycles. The Morgan fingerprint density at radius 3 is 2.53 bits per heavy atom. The molecule has 0 saturated carbocycles. The van der Waals surface area contributed by atoms with Gasteiger partial charge in [0.1, 0.15) is 0 Å². The van der Waals surface area contributed by atoms with E-state index in [9.17, 15) is 4.79 Å². The number of fused-ring (bicyclic) bond motifs is 1. The van der Waals surface area contributed by atoms with Gasteiger partial charge in [-0.15, -0.1) is 0 Å². The van der Waals surface area contributed by atoms with E-state index in [1.807, 2.05) is 0 Å². The Bertz CT molecular complexity index is 313. The Balaban J connectivity index is 1.48. The van der Waals surface area contributed by atoms with Crippen molar-refractivity contribution in [2.75, 3.05) is 45.8 Å². The smallest absolute Gasteiger partial charge is 0.236 e. The van der Waals surface area contributed by atoms with E-state index in [4.69, 9.17) is 0 Å². The van der Waals surface area contributed by atoms with Gasteiger partial charge in [0.25, 0.3) is 0 Å². The molecule has 0 radical (unpaired) electrons. The van der Waals surface area contributed by atoms with E-state index >= 15 is 0 Å². The fraction of sp³-hybridized carbons (Fsp3) is 0.933. The molecular weight excluding hydrogens is 238 g/mol. The minimum absolute atomic E-state index is 0.367. The second-order valence-corrected chi connectivity index (χ2v) is 6.50. The summed E-state index contributed by atoms with van der Waals surface area (Å²) in [5.41, 5.74) is 0. The highest BCUT2D eigenvalue weighted by Crippen LogP contribution is 2.26. The van der Waals surface area contributed by atoms with Crippen LogP contribution in [0.3, 0.4) is 0 Å². The van der Waals surface area contributed by atoms with Crippen LogP contribution in [0, 0.1) is 11.8 Å². The highest BCUT2D eigenvalue weighted by Gasteiger charge is 2.33. The van der Waals surface area contributed by atoms with Crippen LogP contribution in [-0.4, -0.2) is 61.5 Å². The number of piperidine rings is 1. The van der Waals surface area contributed by atoms with Crippen molar-refractivity contribution >= 4 is 5.91 Å². The quantitative estimate of drug-likeness (QED) is 0.807. The Morgan fingerprint density at radius 2 is 1.74 bits per heavy atom. The van der Waals surface area contributed by atoms with Gasteiger partial charge in [0.2, 0.25) is 5.91 Å². The molecule has 0 aliphatic carbocycles. The number of carbonyl (C=O) groups is 1. The average Bonchev–Trinajstić information content (AvgIpc) is 2.71. The maximum absolute atomic E-state index is 12.4. The summed E-state index contributed by atoms with van der Waals surface area (Å²) in [6, 6.07) is 0. The fourth-order valence-electron chi connectivity index (χ4n) is 3.87. The van der Waals surface area contributed by atoms with Crippen molar-refractivity contribution in [3.63, 3.8) is 0 Å². The molecule has 1 amide bonds. The lowest BCUT2D eigenvalue weighted by atomic mass is 9.89. The van der Waals surface area contributed by atoms with E-state index < -0.39 is 0 Å². The maximum Gasteiger partial charge on any atom is 0.236 e. The molecule has 4 nitrogen and oxygen atoms in total. The predicted octanol–water partition coefficient (Wildman–Crippen LogP) is 0.930. The van der Waals surface area contributed by atoms with Crippen LogP contribution in [0.2, 0.25) is 0 Å². The maximum atomic E-state index is 12.4. The third-order valence-electron chi connectivity index (χ3n) is 5.11. The van der Waals surface area contributed by atoms with Crippen LogP contribution in [0.1, 0.15) is 32.1 Å².